The minimum atomic E-state index is -0.0752. The van der Waals surface area contributed by atoms with Gasteiger partial charge in [-0.25, -0.2) is 0 Å². The molecule has 1 atom stereocenters. The summed E-state index contributed by atoms with van der Waals surface area (Å²) in [6.07, 6.45) is 3.56. The summed E-state index contributed by atoms with van der Waals surface area (Å²) in [5.41, 5.74) is 2.81. The van der Waals surface area contributed by atoms with E-state index in [-0.39, 0.29) is 11.9 Å². The third-order valence-electron chi connectivity index (χ3n) is 2.96. The predicted molar refractivity (Wildman–Crippen MR) is 76.1 cm³/mol. The van der Waals surface area contributed by atoms with Crippen LogP contribution in [-0.4, -0.2) is 17.9 Å². The summed E-state index contributed by atoms with van der Waals surface area (Å²) in [5, 5.41) is 5.98. The first kappa shape index (κ1) is 13.1. The van der Waals surface area contributed by atoms with E-state index in [1.807, 2.05) is 24.3 Å². The van der Waals surface area contributed by atoms with Crippen molar-refractivity contribution in [2.24, 2.45) is 0 Å². The molecule has 0 aliphatic rings. The lowest BCUT2D eigenvalue weighted by Crippen LogP contribution is -2.17. The van der Waals surface area contributed by atoms with Gasteiger partial charge in [-0.2, -0.15) is 0 Å². The Kier molecular flexibility index (Phi) is 4.13. The molecule has 1 unspecified atom stereocenters. The van der Waals surface area contributed by atoms with Crippen LogP contribution in [-0.2, 0) is 0 Å². The number of nitrogens with one attached hydrogen (secondary N) is 2. The molecule has 4 nitrogen and oxygen atoms in total. The Balaban J connectivity index is 2.06. The molecular weight excluding hydrogens is 238 g/mol. The van der Waals surface area contributed by atoms with Crippen LogP contribution in [0, 0.1) is 0 Å². The number of pyridine rings is 1. The molecule has 0 spiro atoms. The summed E-state index contributed by atoms with van der Waals surface area (Å²) < 4.78 is 0. The van der Waals surface area contributed by atoms with Gasteiger partial charge in [0.15, 0.2) is 0 Å². The average Bonchev–Trinajstić information content (AvgIpc) is 2.48. The van der Waals surface area contributed by atoms with E-state index < -0.39 is 0 Å². The molecule has 19 heavy (non-hydrogen) atoms. The second-order valence-corrected chi connectivity index (χ2v) is 4.30. The summed E-state index contributed by atoms with van der Waals surface area (Å²) in [6.45, 7) is 2.09. The SMILES string of the molecule is CNC(=O)c1ccc(NC(C)c2ccncc2)cc1. The van der Waals surface area contributed by atoms with Crippen LogP contribution in [0.1, 0.15) is 28.9 Å². The van der Waals surface area contributed by atoms with Crippen molar-refractivity contribution in [1.29, 1.82) is 0 Å². The molecular formula is C15H17N3O. The number of nitrogens with zero attached hydrogens (tertiary/aromatic N) is 1. The summed E-state index contributed by atoms with van der Waals surface area (Å²) in [6, 6.07) is 11.6. The first-order valence-corrected chi connectivity index (χ1v) is 6.19. The van der Waals surface area contributed by atoms with Gasteiger partial charge in [0.1, 0.15) is 0 Å². The number of rotatable bonds is 4. The van der Waals surface area contributed by atoms with E-state index in [1.165, 1.54) is 5.56 Å². The number of aromatic nitrogens is 1. The molecule has 0 saturated heterocycles. The standard InChI is InChI=1S/C15H17N3O/c1-11(12-7-9-17-10-8-12)18-14-5-3-13(4-6-14)15(19)16-2/h3-11,18H,1-2H3,(H,16,19). The lowest BCUT2D eigenvalue weighted by Gasteiger charge is -2.15. The Labute approximate surface area is 112 Å². The van der Waals surface area contributed by atoms with E-state index in [9.17, 15) is 4.79 Å². The van der Waals surface area contributed by atoms with Gasteiger partial charge in [0.2, 0.25) is 0 Å². The summed E-state index contributed by atoms with van der Waals surface area (Å²) in [7, 11) is 1.63. The molecule has 4 heteroatoms. The highest BCUT2D eigenvalue weighted by Gasteiger charge is 2.06. The fraction of sp³-hybridized carbons (Fsp3) is 0.200. The Morgan fingerprint density at radius 3 is 2.32 bits per heavy atom. The predicted octanol–water partition coefficient (Wildman–Crippen LogP) is 2.61. The third-order valence-corrected chi connectivity index (χ3v) is 2.96. The van der Waals surface area contributed by atoms with E-state index in [1.54, 1.807) is 31.6 Å². The number of hydrogen-bond donors (Lipinski definition) is 2. The van der Waals surface area contributed by atoms with Crippen molar-refractivity contribution in [3.8, 4) is 0 Å². The van der Waals surface area contributed by atoms with Crippen LogP contribution in [0.2, 0.25) is 0 Å². The molecule has 1 aromatic heterocycles. The fourth-order valence-corrected chi connectivity index (χ4v) is 1.85. The maximum atomic E-state index is 11.4. The number of amides is 1. The molecule has 1 amide bonds. The average molecular weight is 255 g/mol. The molecule has 0 aliphatic heterocycles. The van der Waals surface area contributed by atoms with E-state index in [4.69, 9.17) is 0 Å². The molecule has 0 radical (unpaired) electrons. The molecule has 2 aromatic rings. The zero-order chi connectivity index (χ0) is 13.7. The van der Waals surface area contributed by atoms with Crippen LogP contribution < -0.4 is 10.6 Å². The monoisotopic (exact) mass is 255 g/mol. The quantitative estimate of drug-likeness (QED) is 0.883. The van der Waals surface area contributed by atoms with Gasteiger partial charge in [-0.3, -0.25) is 9.78 Å². The Hall–Kier alpha value is -2.36. The van der Waals surface area contributed by atoms with Crippen LogP contribution in [0.15, 0.2) is 48.8 Å². The van der Waals surface area contributed by atoms with Gasteiger partial charge in [0, 0.05) is 36.7 Å². The second kappa shape index (κ2) is 6.00. The van der Waals surface area contributed by atoms with Crippen molar-refractivity contribution >= 4 is 11.6 Å². The molecule has 1 heterocycles. The molecule has 0 fully saturated rings. The van der Waals surface area contributed by atoms with Crippen LogP contribution in [0.25, 0.3) is 0 Å². The maximum Gasteiger partial charge on any atom is 0.251 e. The highest BCUT2D eigenvalue weighted by molar-refractivity contribution is 5.94. The number of carbonyl (C=O) groups excluding carboxylic acids is 1. The van der Waals surface area contributed by atoms with Gasteiger partial charge in [0.05, 0.1) is 0 Å². The van der Waals surface area contributed by atoms with Crippen molar-refractivity contribution in [1.82, 2.24) is 10.3 Å². The van der Waals surface area contributed by atoms with Crippen molar-refractivity contribution < 1.29 is 4.79 Å². The van der Waals surface area contributed by atoms with Crippen molar-refractivity contribution in [2.75, 3.05) is 12.4 Å². The molecule has 1 aromatic carbocycles. The highest BCUT2D eigenvalue weighted by Crippen LogP contribution is 2.18. The highest BCUT2D eigenvalue weighted by atomic mass is 16.1. The molecule has 0 aliphatic carbocycles. The number of hydrogen-bond acceptors (Lipinski definition) is 3. The topological polar surface area (TPSA) is 54.0 Å². The Morgan fingerprint density at radius 1 is 1.11 bits per heavy atom. The number of anilines is 1. The van der Waals surface area contributed by atoms with Crippen LogP contribution >= 0.6 is 0 Å². The van der Waals surface area contributed by atoms with Crippen molar-refractivity contribution in [2.45, 2.75) is 13.0 Å². The van der Waals surface area contributed by atoms with Gasteiger partial charge < -0.3 is 10.6 Å². The van der Waals surface area contributed by atoms with Crippen LogP contribution in [0.4, 0.5) is 5.69 Å². The first-order valence-electron chi connectivity index (χ1n) is 6.19. The Bertz CT molecular complexity index is 537. The molecule has 2 rings (SSSR count). The minimum Gasteiger partial charge on any atom is -0.379 e. The zero-order valence-corrected chi connectivity index (χ0v) is 11.1. The van der Waals surface area contributed by atoms with Gasteiger partial charge in [-0.15, -0.1) is 0 Å². The van der Waals surface area contributed by atoms with Gasteiger partial charge in [-0.05, 0) is 48.9 Å². The maximum absolute atomic E-state index is 11.4. The number of carbonyl (C=O) groups is 1. The van der Waals surface area contributed by atoms with Gasteiger partial charge in [-0.1, -0.05) is 0 Å². The Morgan fingerprint density at radius 2 is 1.74 bits per heavy atom. The summed E-state index contributed by atoms with van der Waals surface area (Å²) >= 11 is 0. The second-order valence-electron chi connectivity index (χ2n) is 4.30. The van der Waals surface area contributed by atoms with E-state index >= 15 is 0 Å². The van der Waals surface area contributed by atoms with E-state index in [0.29, 0.717) is 5.56 Å². The van der Waals surface area contributed by atoms with Crippen molar-refractivity contribution in [3.05, 3.63) is 59.9 Å². The van der Waals surface area contributed by atoms with Gasteiger partial charge >= 0.3 is 0 Å². The normalized spacial score (nSPS) is 11.7. The summed E-state index contributed by atoms with van der Waals surface area (Å²) in [4.78, 5) is 15.4. The fourth-order valence-electron chi connectivity index (χ4n) is 1.85. The molecule has 2 N–H and O–H groups in total. The zero-order valence-electron chi connectivity index (χ0n) is 11.1. The molecule has 0 saturated carbocycles. The first-order chi connectivity index (χ1) is 9.20. The van der Waals surface area contributed by atoms with Crippen LogP contribution in [0.5, 0.6) is 0 Å². The minimum absolute atomic E-state index is 0.0752. The van der Waals surface area contributed by atoms with Gasteiger partial charge in [0.25, 0.3) is 5.91 Å². The van der Waals surface area contributed by atoms with Crippen LogP contribution in [0.3, 0.4) is 0 Å². The largest absolute Gasteiger partial charge is 0.379 e. The smallest absolute Gasteiger partial charge is 0.251 e. The number of benzene rings is 1. The third kappa shape index (κ3) is 3.31. The molecule has 0 bridgehead atoms. The lowest BCUT2D eigenvalue weighted by molar-refractivity contribution is 0.0963. The molecule has 98 valence electrons. The van der Waals surface area contributed by atoms with E-state index in [0.717, 1.165) is 5.69 Å². The van der Waals surface area contributed by atoms with E-state index in [2.05, 4.69) is 22.5 Å². The lowest BCUT2D eigenvalue weighted by atomic mass is 10.1. The summed E-state index contributed by atoms with van der Waals surface area (Å²) in [5.74, 6) is -0.0752. The van der Waals surface area contributed by atoms with Crippen molar-refractivity contribution in [3.63, 3.8) is 0 Å².